The van der Waals surface area contributed by atoms with Gasteiger partial charge in [-0.3, -0.25) is 4.79 Å². The van der Waals surface area contributed by atoms with Crippen LogP contribution in [0.5, 0.6) is 0 Å². The number of nitrogens with zero attached hydrogens (tertiary/aromatic N) is 2. The molecule has 0 spiro atoms. The van der Waals surface area contributed by atoms with E-state index in [-0.39, 0.29) is 5.82 Å². The van der Waals surface area contributed by atoms with E-state index < -0.39 is 12.0 Å². The maximum Gasteiger partial charge on any atom is 0.320 e. The molecule has 1 aromatic heterocycles. The maximum absolute atomic E-state index is 12.9. The summed E-state index contributed by atoms with van der Waals surface area (Å²) in [5.74, 6) is -1.13. The van der Waals surface area contributed by atoms with E-state index >= 15 is 0 Å². The number of halogens is 1. The molecule has 2 rings (SSSR count). The van der Waals surface area contributed by atoms with E-state index in [2.05, 4.69) is 10.4 Å². The van der Waals surface area contributed by atoms with Crippen LogP contribution in [-0.2, 0) is 11.3 Å². The lowest BCUT2D eigenvalue weighted by molar-refractivity contribution is -0.139. The van der Waals surface area contributed by atoms with E-state index in [0.717, 1.165) is 24.1 Å². The van der Waals surface area contributed by atoms with Crippen molar-refractivity contribution in [2.45, 2.75) is 38.8 Å². The van der Waals surface area contributed by atoms with Crippen molar-refractivity contribution in [2.24, 2.45) is 0 Å². The fourth-order valence-electron chi connectivity index (χ4n) is 2.15. The molecule has 1 aromatic carbocycles. The number of rotatable bonds is 8. The SMILES string of the molecule is CCCCC(NCc1cnn(-c2ccc(F)cc2)c1)C(=O)O. The number of carbonyl (C=O) groups is 1. The Hall–Kier alpha value is -2.21. The zero-order chi connectivity index (χ0) is 15.9. The lowest BCUT2D eigenvalue weighted by Gasteiger charge is -2.12. The summed E-state index contributed by atoms with van der Waals surface area (Å²) >= 11 is 0. The Morgan fingerprint density at radius 1 is 1.41 bits per heavy atom. The summed E-state index contributed by atoms with van der Waals surface area (Å²) < 4.78 is 14.5. The number of carboxylic acids is 1. The highest BCUT2D eigenvalue weighted by Gasteiger charge is 2.16. The summed E-state index contributed by atoms with van der Waals surface area (Å²) in [6.45, 7) is 2.47. The molecule has 0 fully saturated rings. The summed E-state index contributed by atoms with van der Waals surface area (Å²) in [5.41, 5.74) is 1.64. The molecular formula is C16H20FN3O2. The topological polar surface area (TPSA) is 67.2 Å². The minimum Gasteiger partial charge on any atom is -0.480 e. The van der Waals surface area contributed by atoms with Gasteiger partial charge in [0.1, 0.15) is 11.9 Å². The standard InChI is InChI=1S/C16H20FN3O2/c1-2-3-4-15(16(21)22)18-9-12-10-19-20(11-12)14-7-5-13(17)6-8-14/h5-8,10-11,15,18H,2-4,9H2,1H3,(H,21,22). The number of aliphatic carboxylic acids is 1. The van der Waals surface area contributed by atoms with Gasteiger partial charge in [0.2, 0.25) is 0 Å². The molecule has 0 aliphatic rings. The molecule has 1 atom stereocenters. The Morgan fingerprint density at radius 3 is 2.77 bits per heavy atom. The highest BCUT2D eigenvalue weighted by atomic mass is 19.1. The highest BCUT2D eigenvalue weighted by Crippen LogP contribution is 2.10. The second-order valence-electron chi connectivity index (χ2n) is 5.18. The predicted molar refractivity (Wildman–Crippen MR) is 81.3 cm³/mol. The van der Waals surface area contributed by atoms with Crippen molar-refractivity contribution in [3.8, 4) is 5.69 Å². The fourth-order valence-corrected chi connectivity index (χ4v) is 2.15. The van der Waals surface area contributed by atoms with Crippen LogP contribution in [0, 0.1) is 5.82 Å². The Bertz CT molecular complexity index is 610. The summed E-state index contributed by atoms with van der Waals surface area (Å²) in [6.07, 6.45) is 5.93. The van der Waals surface area contributed by atoms with Gasteiger partial charge in [0.15, 0.2) is 0 Å². The van der Waals surface area contributed by atoms with E-state index in [0.29, 0.717) is 13.0 Å². The summed E-state index contributed by atoms with van der Waals surface area (Å²) in [4.78, 5) is 11.2. The van der Waals surface area contributed by atoms with Crippen LogP contribution in [0.1, 0.15) is 31.7 Å². The number of hydrogen-bond donors (Lipinski definition) is 2. The van der Waals surface area contributed by atoms with Crippen LogP contribution in [0.4, 0.5) is 4.39 Å². The molecule has 0 saturated heterocycles. The van der Waals surface area contributed by atoms with Gasteiger partial charge in [-0.15, -0.1) is 0 Å². The zero-order valence-electron chi connectivity index (χ0n) is 12.5. The minimum absolute atomic E-state index is 0.293. The molecule has 0 aliphatic carbocycles. The van der Waals surface area contributed by atoms with E-state index in [1.54, 1.807) is 29.2 Å². The molecule has 118 valence electrons. The van der Waals surface area contributed by atoms with Crippen molar-refractivity contribution in [3.63, 3.8) is 0 Å². The van der Waals surface area contributed by atoms with Crippen molar-refractivity contribution in [3.05, 3.63) is 48.0 Å². The number of hydrogen-bond acceptors (Lipinski definition) is 3. The number of aromatic nitrogens is 2. The predicted octanol–water partition coefficient (Wildman–Crippen LogP) is 2.74. The molecule has 0 amide bonds. The molecule has 0 radical (unpaired) electrons. The quantitative estimate of drug-likeness (QED) is 0.787. The third kappa shape index (κ3) is 4.39. The Morgan fingerprint density at radius 2 is 2.14 bits per heavy atom. The van der Waals surface area contributed by atoms with E-state index in [1.807, 2.05) is 6.92 Å². The van der Waals surface area contributed by atoms with Crippen LogP contribution >= 0.6 is 0 Å². The first kappa shape index (κ1) is 16.2. The molecule has 0 saturated carbocycles. The second-order valence-corrected chi connectivity index (χ2v) is 5.18. The van der Waals surface area contributed by atoms with Gasteiger partial charge in [0.25, 0.3) is 0 Å². The monoisotopic (exact) mass is 305 g/mol. The minimum atomic E-state index is -0.834. The molecule has 0 bridgehead atoms. The first-order valence-corrected chi connectivity index (χ1v) is 7.36. The second kappa shape index (κ2) is 7.70. The molecule has 5 nitrogen and oxygen atoms in total. The Labute approximate surface area is 128 Å². The molecule has 1 heterocycles. The molecule has 2 N–H and O–H groups in total. The lowest BCUT2D eigenvalue weighted by atomic mass is 10.1. The van der Waals surface area contributed by atoms with Crippen molar-refractivity contribution in [1.29, 1.82) is 0 Å². The first-order valence-electron chi connectivity index (χ1n) is 7.36. The van der Waals surface area contributed by atoms with E-state index in [1.165, 1.54) is 12.1 Å². The van der Waals surface area contributed by atoms with Gasteiger partial charge in [0.05, 0.1) is 11.9 Å². The smallest absolute Gasteiger partial charge is 0.320 e. The summed E-state index contributed by atoms with van der Waals surface area (Å²) in [7, 11) is 0. The van der Waals surface area contributed by atoms with Gasteiger partial charge in [-0.05, 0) is 30.7 Å². The molecule has 1 unspecified atom stereocenters. The van der Waals surface area contributed by atoms with Crippen LogP contribution in [0.25, 0.3) is 5.69 Å². The van der Waals surface area contributed by atoms with Gasteiger partial charge >= 0.3 is 5.97 Å². The van der Waals surface area contributed by atoms with Gasteiger partial charge in [-0.2, -0.15) is 5.10 Å². The van der Waals surface area contributed by atoms with Crippen LogP contribution in [-0.4, -0.2) is 26.9 Å². The highest BCUT2D eigenvalue weighted by molar-refractivity contribution is 5.73. The molecule has 6 heteroatoms. The van der Waals surface area contributed by atoms with Gasteiger partial charge in [-0.1, -0.05) is 19.8 Å². The van der Waals surface area contributed by atoms with Gasteiger partial charge in [-0.25, -0.2) is 9.07 Å². The normalized spacial score (nSPS) is 12.3. The Balaban J connectivity index is 1.96. The van der Waals surface area contributed by atoms with Crippen LogP contribution in [0.3, 0.4) is 0 Å². The largest absolute Gasteiger partial charge is 0.480 e. The Kier molecular flexibility index (Phi) is 5.66. The van der Waals surface area contributed by atoms with Crippen molar-refractivity contribution >= 4 is 5.97 Å². The van der Waals surface area contributed by atoms with Gasteiger partial charge in [0, 0.05) is 18.3 Å². The third-order valence-electron chi connectivity index (χ3n) is 3.42. The number of benzene rings is 1. The average Bonchev–Trinajstić information content (AvgIpc) is 2.96. The molecule has 2 aromatic rings. The van der Waals surface area contributed by atoms with E-state index in [9.17, 15) is 9.18 Å². The van der Waals surface area contributed by atoms with Crippen molar-refractivity contribution in [2.75, 3.05) is 0 Å². The number of unbranched alkanes of at least 4 members (excludes halogenated alkanes) is 1. The third-order valence-corrected chi connectivity index (χ3v) is 3.42. The van der Waals surface area contributed by atoms with Crippen molar-refractivity contribution in [1.82, 2.24) is 15.1 Å². The summed E-state index contributed by atoms with van der Waals surface area (Å²) in [6, 6.07) is 5.48. The fraction of sp³-hybridized carbons (Fsp3) is 0.375. The average molecular weight is 305 g/mol. The number of nitrogens with one attached hydrogen (secondary N) is 1. The lowest BCUT2D eigenvalue weighted by Crippen LogP contribution is -2.36. The molecule has 0 aliphatic heterocycles. The zero-order valence-corrected chi connectivity index (χ0v) is 12.5. The van der Waals surface area contributed by atoms with E-state index in [4.69, 9.17) is 5.11 Å². The van der Waals surface area contributed by atoms with Crippen LogP contribution in [0.15, 0.2) is 36.7 Å². The molecule has 22 heavy (non-hydrogen) atoms. The maximum atomic E-state index is 12.9. The first-order chi connectivity index (χ1) is 10.6. The molecular weight excluding hydrogens is 285 g/mol. The van der Waals surface area contributed by atoms with Crippen LogP contribution < -0.4 is 5.32 Å². The van der Waals surface area contributed by atoms with Crippen LogP contribution in [0.2, 0.25) is 0 Å². The van der Waals surface area contributed by atoms with Gasteiger partial charge < -0.3 is 10.4 Å². The van der Waals surface area contributed by atoms with Crippen molar-refractivity contribution < 1.29 is 14.3 Å². The summed E-state index contributed by atoms with van der Waals surface area (Å²) in [5, 5.41) is 16.4. The number of carboxylic acid groups (broad SMARTS) is 1.